The predicted molar refractivity (Wildman–Crippen MR) is 55.8 cm³/mol. The molecule has 0 radical (unpaired) electrons. The SMILES string of the molecule is O=S(=O)(Cl)CCC(F)(F)C1CCCCC1. The van der Waals surface area contributed by atoms with Gasteiger partial charge in [-0.3, -0.25) is 0 Å². The molecule has 1 rings (SSSR count). The predicted octanol–water partition coefficient (Wildman–Crippen LogP) is 3.16. The minimum Gasteiger partial charge on any atom is -0.212 e. The maximum atomic E-state index is 13.5. The van der Waals surface area contributed by atoms with E-state index >= 15 is 0 Å². The van der Waals surface area contributed by atoms with E-state index in [-0.39, 0.29) is 0 Å². The molecule has 0 saturated heterocycles. The van der Waals surface area contributed by atoms with E-state index in [9.17, 15) is 17.2 Å². The summed E-state index contributed by atoms with van der Waals surface area (Å²) >= 11 is 0. The first kappa shape index (κ1) is 13.2. The van der Waals surface area contributed by atoms with Crippen molar-refractivity contribution >= 4 is 19.7 Å². The molecule has 0 amide bonds. The van der Waals surface area contributed by atoms with E-state index in [2.05, 4.69) is 0 Å². The molecule has 0 N–H and O–H groups in total. The Morgan fingerprint density at radius 3 is 2.20 bits per heavy atom. The van der Waals surface area contributed by atoms with Crippen molar-refractivity contribution < 1.29 is 17.2 Å². The van der Waals surface area contributed by atoms with E-state index in [1.165, 1.54) is 0 Å². The Labute approximate surface area is 93.4 Å². The summed E-state index contributed by atoms with van der Waals surface area (Å²) in [7, 11) is 1.11. The molecule has 0 heterocycles. The second-order valence-corrected chi connectivity index (χ2v) is 6.99. The van der Waals surface area contributed by atoms with Gasteiger partial charge in [0.2, 0.25) is 9.05 Å². The largest absolute Gasteiger partial charge is 0.251 e. The second-order valence-electron chi connectivity index (χ2n) is 4.09. The van der Waals surface area contributed by atoms with Crippen LogP contribution in [0, 0.1) is 5.92 Å². The van der Waals surface area contributed by atoms with Crippen molar-refractivity contribution in [1.29, 1.82) is 0 Å². The van der Waals surface area contributed by atoms with E-state index in [0.717, 1.165) is 19.3 Å². The first-order valence-electron chi connectivity index (χ1n) is 5.11. The smallest absolute Gasteiger partial charge is 0.212 e. The average Bonchev–Trinajstić information content (AvgIpc) is 2.16. The first-order valence-corrected chi connectivity index (χ1v) is 7.59. The molecule has 0 aliphatic heterocycles. The molecule has 0 aromatic carbocycles. The van der Waals surface area contributed by atoms with Gasteiger partial charge in [-0.1, -0.05) is 19.3 Å². The van der Waals surface area contributed by atoms with Crippen LogP contribution in [0.5, 0.6) is 0 Å². The third-order valence-electron chi connectivity index (χ3n) is 2.88. The molecule has 0 unspecified atom stereocenters. The van der Waals surface area contributed by atoms with Crippen LogP contribution in [0.25, 0.3) is 0 Å². The first-order chi connectivity index (χ1) is 6.81. The molecule has 90 valence electrons. The van der Waals surface area contributed by atoms with Crippen LogP contribution >= 0.6 is 10.7 Å². The Balaban J connectivity index is 2.49. The highest BCUT2D eigenvalue weighted by molar-refractivity contribution is 8.13. The summed E-state index contributed by atoms with van der Waals surface area (Å²) in [6, 6.07) is 0. The van der Waals surface area contributed by atoms with Crippen molar-refractivity contribution in [3.05, 3.63) is 0 Å². The van der Waals surface area contributed by atoms with Gasteiger partial charge in [0, 0.05) is 23.0 Å². The van der Waals surface area contributed by atoms with Gasteiger partial charge in [-0.15, -0.1) is 0 Å². The van der Waals surface area contributed by atoms with Gasteiger partial charge in [0.1, 0.15) is 0 Å². The van der Waals surface area contributed by atoms with E-state index in [1.807, 2.05) is 0 Å². The van der Waals surface area contributed by atoms with Gasteiger partial charge in [0.15, 0.2) is 0 Å². The molecular weight excluding hydrogens is 246 g/mol. The Kier molecular flexibility index (Phi) is 4.35. The summed E-state index contributed by atoms with van der Waals surface area (Å²) < 4.78 is 48.2. The van der Waals surface area contributed by atoms with Gasteiger partial charge in [-0.05, 0) is 12.8 Å². The van der Waals surface area contributed by atoms with Crippen molar-refractivity contribution in [2.45, 2.75) is 44.4 Å². The van der Waals surface area contributed by atoms with Crippen LogP contribution in [-0.2, 0) is 9.05 Å². The second kappa shape index (κ2) is 4.95. The molecule has 0 bridgehead atoms. The molecule has 6 heteroatoms. The highest BCUT2D eigenvalue weighted by atomic mass is 35.7. The van der Waals surface area contributed by atoms with Crippen LogP contribution in [0.2, 0.25) is 0 Å². The highest BCUT2D eigenvalue weighted by Gasteiger charge is 2.40. The minimum atomic E-state index is -3.80. The van der Waals surface area contributed by atoms with Crippen molar-refractivity contribution in [2.75, 3.05) is 5.75 Å². The number of rotatable bonds is 4. The summed E-state index contributed by atoms with van der Waals surface area (Å²) in [5.41, 5.74) is 0. The molecule has 1 aliphatic carbocycles. The van der Waals surface area contributed by atoms with Crippen LogP contribution in [-0.4, -0.2) is 20.1 Å². The van der Waals surface area contributed by atoms with E-state index < -0.39 is 33.1 Å². The van der Waals surface area contributed by atoms with Gasteiger partial charge < -0.3 is 0 Å². The van der Waals surface area contributed by atoms with E-state index in [1.54, 1.807) is 0 Å². The van der Waals surface area contributed by atoms with Gasteiger partial charge in [0.05, 0.1) is 5.75 Å². The van der Waals surface area contributed by atoms with Gasteiger partial charge in [-0.2, -0.15) is 0 Å². The zero-order valence-corrected chi connectivity index (χ0v) is 9.96. The minimum absolute atomic E-state index is 0.495. The van der Waals surface area contributed by atoms with Gasteiger partial charge in [-0.25, -0.2) is 17.2 Å². The zero-order valence-electron chi connectivity index (χ0n) is 8.39. The van der Waals surface area contributed by atoms with Crippen molar-refractivity contribution in [2.24, 2.45) is 5.92 Å². The number of hydrogen-bond donors (Lipinski definition) is 0. The van der Waals surface area contributed by atoms with Crippen molar-refractivity contribution in [3.63, 3.8) is 0 Å². The molecule has 1 fully saturated rings. The van der Waals surface area contributed by atoms with Crippen LogP contribution in [0.4, 0.5) is 8.78 Å². The maximum Gasteiger partial charge on any atom is 0.251 e. The third-order valence-corrected chi connectivity index (χ3v) is 4.04. The quantitative estimate of drug-likeness (QED) is 0.728. The molecule has 0 aromatic rings. The zero-order chi connectivity index (χ0) is 11.5. The standard InChI is InChI=1S/C9H15ClF2O2S/c10-15(13,14)7-6-9(11,12)8-4-2-1-3-5-8/h8H,1-7H2. The summed E-state index contributed by atoms with van der Waals surface area (Å²) in [6.45, 7) is 0. The fourth-order valence-corrected chi connectivity index (χ4v) is 2.73. The number of alkyl halides is 2. The fourth-order valence-electron chi connectivity index (χ4n) is 1.99. The molecule has 2 nitrogen and oxygen atoms in total. The van der Waals surface area contributed by atoms with Crippen LogP contribution in [0.3, 0.4) is 0 Å². The fraction of sp³-hybridized carbons (Fsp3) is 1.00. The topological polar surface area (TPSA) is 34.1 Å². The lowest BCUT2D eigenvalue weighted by molar-refractivity contribution is -0.0726. The van der Waals surface area contributed by atoms with Crippen LogP contribution in [0.1, 0.15) is 38.5 Å². The number of halogens is 3. The van der Waals surface area contributed by atoms with E-state index in [0.29, 0.717) is 12.8 Å². The maximum absolute atomic E-state index is 13.5. The molecule has 0 atom stereocenters. The summed E-state index contributed by atoms with van der Waals surface area (Å²) in [5.74, 6) is -4.19. The van der Waals surface area contributed by atoms with Gasteiger partial charge in [0.25, 0.3) is 5.92 Å². The van der Waals surface area contributed by atoms with Crippen molar-refractivity contribution in [3.8, 4) is 0 Å². The monoisotopic (exact) mass is 260 g/mol. The van der Waals surface area contributed by atoms with Crippen molar-refractivity contribution in [1.82, 2.24) is 0 Å². The lowest BCUT2D eigenvalue weighted by Crippen LogP contribution is -2.31. The molecular formula is C9H15ClF2O2S. The molecule has 1 saturated carbocycles. The van der Waals surface area contributed by atoms with E-state index in [4.69, 9.17) is 10.7 Å². The molecule has 15 heavy (non-hydrogen) atoms. The number of hydrogen-bond acceptors (Lipinski definition) is 2. The summed E-state index contributed by atoms with van der Waals surface area (Å²) in [4.78, 5) is 0. The molecule has 0 aromatic heterocycles. The summed E-state index contributed by atoms with van der Waals surface area (Å²) in [5, 5.41) is 0. The Morgan fingerprint density at radius 1 is 1.20 bits per heavy atom. The Hall–Kier alpha value is 0.1000. The molecule has 0 spiro atoms. The third kappa shape index (κ3) is 4.64. The summed E-state index contributed by atoms with van der Waals surface area (Å²) in [6.07, 6.45) is 2.97. The molecule has 1 aliphatic rings. The average molecular weight is 261 g/mol. The van der Waals surface area contributed by atoms with Crippen LogP contribution < -0.4 is 0 Å². The van der Waals surface area contributed by atoms with Gasteiger partial charge >= 0.3 is 0 Å². The Morgan fingerprint density at radius 2 is 1.73 bits per heavy atom. The lowest BCUT2D eigenvalue weighted by Gasteiger charge is -2.29. The van der Waals surface area contributed by atoms with Crippen LogP contribution in [0.15, 0.2) is 0 Å². The lowest BCUT2D eigenvalue weighted by atomic mass is 9.84. The Bertz CT molecular complexity index is 297. The highest BCUT2D eigenvalue weighted by Crippen LogP contribution is 2.38. The normalized spacial score (nSPS) is 20.5.